The number of hydrogen-bond acceptors (Lipinski definition) is 4. The molecule has 0 saturated heterocycles. The van der Waals surface area contributed by atoms with Crippen LogP contribution in [0.15, 0.2) is 53.5 Å². The van der Waals surface area contributed by atoms with Crippen LogP contribution < -0.4 is 14.8 Å². The Bertz CT molecular complexity index is 770. The third-order valence-electron chi connectivity index (χ3n) is 3.95. The highest BCUT2D eigenvalue weighted by Gasteiger charge is 2.06. The predicted octanol–water partition coefficient (Wildman–Crippen LogP) is 3.66. The molecule has 2 rings (SSSR count). The molecule has 150 valence electrons. The Morgan fingerprint density at radius 3 is 2.32 bits per heavy atom. The zero-order chi connectivity index (χ0) is 19.5. The van der Waals surface area contributed by atoms with Crippen LogP contribution in [-0.4, -0.2) is 44.7 Å². The maximum absolute atomic E-state index is 8.87. The highest BCUT2D eigenvalue weighted by Crippen LogP contribution is 2.16. The zero-order valence-electron chi connectivity index (χ0n) is 16.5. The van der Waals surface area contributed by atoms with E-state index in [9.17, 15) is 0 Å². The fourth-order valence-corrected chi connectivity index (χ4v) is 2.40. The van der Waals surface area contributed by atoms with Gasteiger partial charge in [-0.1, -0.05) is 12.1 Å². The number of rotatable bonds is 8. The molecule has 0 amide bonds. The highest BCUT2D eigenvalue weighted by molar-refractivity contribution is 14.0. The number of hydrogen-bond donors (Lipinski definition) is 1. The normalized spacial score (nSPS) is 10.4. The Kier molecular flexibility index (Phi) is 10.8. The van der Waals surface area contributed by atoms with Crippen molar-refractivity contribution in [2.75, 3.05) is 33.9 Å². The first-order valence-corrected chi connectivity index (χ1v) is 8.91. The fourth-order valence-electron chi connectivity index (χ4n) is 2.40. The van der Waals surface area contributed by atoms with Crippen molar-refractivity contribution in [3.63, 3.8) is 0 Å². The van der Waals surface area contributed by atoms with Gasteiger partial charge in [-0.05, 0) is 48.9 Å². The van der Waals surface area contributed by atoms with Crippen molar-refractivity contribution in [1.29, 1.82) is 5.26 Å². The largest absolute Gasteiger partial charge is 0.497 e. The summed E-state index contributed by atoms with van der Waals surface area (Å²) in [6.45, 7) is 4.63. The van der Waals surface area contributed by atoms with Crippen molar-refractivity contribution < 1.29 is 9.47 Å². The molecular formula is C21H27IN4O2. The number of nitriles is 1. The summed E-state index contributed by atoms with van der Waals surface area (Å²) in [4.78, 5) is 6.70. The number of halogens is 1. The van der Waals surface area contributed by atoms with Gasteiger partial charge in [0.2, 0.25) is 0 Å². The molecule has 1 N–H and O–H groups in total. The van der Waals surface area contributed by atoms with E-state index in [0.29, 0.717) is 25.3 Å². The predicted molar refractivity (Wildman–Crippen MR) is 123 cm³/mol. The number of aliphatic imine (C=N–C) groups is 1. The van der Waals surface area contributed by atoms with E-state index in [0.717, 1.165) is 29.6 Å². The van der Waals surface area contributed by atoms with E-state index >= 15 is 0 Å². The van der Waals surface area contributed by atoms with E-state index < -0.39 is 0 Å². The molecule has 0 saturated carbocycles. The Morgan fingerprint density at radius 1 is 1.11 bits per heavy atom. The average molecular weight is 494 g/mol. The second-order valence-corrected chi connectivity index (χ2v) is 5.92. The lowest BCUT2D eigenvalue weighted by atomic mass is 10.1. The summed E-state index contributed by atoms with van der Waals surface area (Å²) in [5, 5.41) is 12.2. The number of likely N-dealkylation sites (N-methyl/N-ethyl adjacent to an activating group) is 1. The maximum atomic E-state index is 8.87. The van der Waals surface area contributed by atoms with Crippen molar-refractivity contribution >= 4 is 29.9 Å². The molecule has 6 nitrogen and oxygen atoms in total. The van der Waals surface area contributed by atoms with Gasteiger partial charge < -0.3 is 19.7 Å². The van der Waals surface area contributed by atoms with Crippen molar-refractivity contribution in [2.45, 2.75) is 13.5 Å². The first-order chi connectivity index (χ1) is 13.2. The van der Waals surface area contributed by atoms with Crippen LogP contribution in [0.3, 0.4) is 0 Å². The van der Waals surface area contributed by atoms with Gasteiger partial charge >= 0.3 is 0 Å². The lowest BCUT2D eigenvalue weighted by molar-refractivity contribution is 0.281. The quantitative estimate of drug-likeness (QED) is 0.345. The molecular weight excluding hydrogens is 467 g/mol. The molecule has 0 aromatic heterocycles. The highest BCUT2D eigenvalue weighted by atomic mass is 127. The van der Waals surface area contributed by atoms with Crippen LogP contribution in [0.5, 0.6) is 11.5 Å². The summed E-state index contributed by atoms with van der Waals surface area (Å²) in [6.07, 6.45) is 0. The number of guanidine groups is 1. The van der Waals surface area contributed by atoms with Gasteiger partial charge in [0.25, 0.3) is 0 Å². The first kappa shape index (κ1) is 23.6. The van der Waals surface area contributed by atoms with Crippen molar-refractivity contribution in [3.05, 3.63) is 59.7 Å². The molecule has 0 aliphatic carbocycles. The van der Waals surface area contributed by atoms with Gasteiger partial charge in [0.15, 0.2) is 5.96 Å². The van der Waals surface area contributed by atoms with Gasteiger partial charge in [0.05, 0.1) is 31.8 Å². The molecule has 0 unspecified atom stereocenters. The smallest absolute Gasteiger partial charge is 0.194 e. The van der Waals surface area contributed by atoms with Crippen LogP contribution >= 0.6 is 24.0 Å². The van der Waals surface area contributed by atoms with E-state index in [1.807, 2.05) is 67.4 Å². The standard InChI is InChI=1S/C21H26N4O2.HI/c1-4-23-21(24-16-18-7-5-17(15-22)6-8-18)25(2)13-14-27-20-11-9-19(26-3)10-12-20;/h5-12H,4,13-14,16H2,1-3H3,(H,23,24);1H. The summed E-state index contributed by atoms with van der Waals surface area (Å²) in [6, 6.07) is 17.1. The minimum atomic E-state index is 0. The van der Waals surface area contributed by atoms with E-state index in [2.05, 4.69) is 16.4 Å². The zero-order valence-corrected chi connectivity index (χ0v) is 18.8. The van der Waals surface area contributed by atoms with E-state index in [-0.39, 0.29) is 24.0 Å². The molecule has 0 heterocycles. The van der Waals surface area contributed by atoms with Crippen LogP contribution in [0.1, 0.15) is 18.1 Å². The molecule has 0 spiro atoms. The number of nitrogens with zero attached hydrogens (tertiary/aromatic N) is 3. The summed E-state index contributed by atoms with van der Waals surface area (Å²) in [5.74, 6) is 2.44. The van der Waals surface area contributed by atoms with E-state index in [1.54, 1.807) is 7.11 Å². The summed E-state index contributed by atoms with van der Waals surface area (Å²) in [7, 11) is 3.63. The first-order valence-electron chi connectivity index (χ1n) is 8.91. The van der Waals surface area contributed by atoms with Gasteiger partial charge in [-0.2, -0.15) is 5.26 Å². The molecule has 0 aliphatic rings. The second kappa shape index (κ2) is 12.8. The maximum Gasteiger partial charge on any atom is 0.194 e. The lowest BCUT2D eigenvalue weighted by Crippen LogP contribution is -2.40. The third kappa shape index (κ3) is 7.64. The molecule has 0 atom stereocenters. The van der Waals surface area contributed by atoms with E-state index in [1.165, 1.54) is 0 Å². The summed E-state index contributed by atoms with van der Waals surface area (Å²) >= 11 is 0. The van der Waals surface area contributed by atoms with Crippen molar-refractivity contribution in [3.8, 4) is 17.6 Å². The number of benzene rings is 2. The van der Waals surface area contributed by atoms with Gasteiger partial charge in [0, 0.05) is 13.6 Å². The SMILES string of the molecule is CCNC(=NCc1ccc(C#N)cc1)N(C)CCOc1ccc(OC)cc1.I. The molecule has 0 radical (unpaired) electrons. The molecule has 2 aromatic carbocycles. The van der Waals surface area contributed by atoms with Crippen LogP contribution in [0.25, 0.3) is 0 Å². The fraction of sp³-hybridized carbons (Fsp3) is 0.333. The third-order valence-corrected chi connectivity index (χ3v) is 3.95. The lowest BCUT2D eigenvalue weighted by Gasteiger charge is -2.22. The second-order valence-electron chi connectivity index (χ2n) is 5.92. The Labute approximate surface area is 184 Å². The number of nitrogens with one attached hydrogen (secondary N) is 1. The average Bonchev–Trinajstić information content (AvgIpc) is 2.72. The van der Waals surface area contributed by atoms with Gasteiger partial charge in [-0.3, -0.25) is 0 Å². The molecule has 0 bridgehead atoms. The summed E-state index contributed by atoms with van der Waals surface area (Å²) in [5.41, 5.74) is 1.72. The van der Waals surface area contributed by atoms with Crippen molar-refractivity contribution in [1.82, 2.24) is 10.2 Å². The number of methoxy groups -OCH3 is 1. The minimum Gasteiger partial charge on any atom is -0.497 e. The molecule has 0 fully saturated rings. The van der Waals surface area contributed by atoms with Crippen LogP contribution in [-0.2, 0) is 6.54 Å². The molecule has 28 heavy (non-hydrogen) atoms. The van der Waals surface area contributed by atoms with Crippen LogP contribution in [0.4, 0.5) is 0 Å². The van der Waals surface area contributed by atoms with Gasteiger partial charge in [-0.15, -0.1) is 24.0 Å². The molecule has 2 aromatic rings. The monoisotopic (exact) mass is 494 g/mol. The Balaban J connectivity index is 0.00000392. The summed E-state index contributed by atoms with van der Waals surface area (Å²) < 4.78 is 10.9. The molecule has 0 aliphatic heterocycles. The molecule has 7 heteroatoms. The van der Waals surface area contributed by atoms with E-state index in [4.69, 9.17) is 14.7 Å². The van der Waals surface area contributed by atoms with Crippen LogP contribution in [0.2, 0.25) is 0 Å². The van der Waals surface area contributed by atoms with Crippen LogP contribution in [0, 0.1) is 11.3 Å². The number of ether oxygens (including phenoxy) is 2. The Morgan fingerprint density at radius 2 is 1.75 bits per heavy atom. The van der Waals surface area contributed by atoms with Gasteiger partial charge in [-0.25, -0.2) is 4.99 Å². The van der Waals surface area contributed by atoms with Gasteiger partial charge in [0.1, 0.15) is 18.1 Å². The minimum absolute atomic E-state index is 0. The Hall–Kier alpha value is -2.47. The topological polar surface area (TPSA) is 69.9 Å². The van der Waals surface area contributed by atoms with Crippen molar-refractivity contribution in [2.24, 2.45) is 4.99 Å².